The second-order valence-corrected chi connectivity index (χ2v) is 9.81. The first-order chi connectivity index (χ1) is 15.7. The molecule has 0 saturated heterocycles. The Labute approximate surface area is 194 Å². The van der Waals surface area contributed by atoms with Gasteiger partial charge in [-0.2, -0.15) is 0 Å². The van der Waals surface area contributed by atoms with E-state index in [1.165, 1.54) is 0 Å². The molecule has 33 heavy (non-hydrogen) atoms. The van der Waals surface area contributed by atoms with Gasteiger partial charge in [0.25, 0.3) is 0 Å². The van der Waals surface area contributed by atoms with Crippen molar-refractivity contribution in [1.82, 2.24) is 20.6 Å². The summed E-state index contributed by atoms with van der Waals surface area (Å²) in [6.45, 7) is 7.54. The molecular weight excluding hydrogens is 412 g/mol. The Hall–Kier alpha value is -3.54. The summed E-state index contributed by atoms with van der Waals surface area (Å²) < 4.78 is 0. The lowest BCUT2D eigenvalue weighted by Crippen LogP contribution is -2.52. The molecule has 0 bridgehead atoms. The Morgan fingerprint density at radius 1 is 0.818 bits per heavy atom. The molecule has 2 heterocycles. The maximum atomic E-state index is 13.3. The number of aromatic amines is 2. The molecule has 0 radical (unpaired) electrons. The molecule has 0 aliphatic rings. The van der Waals surface area contributed by atoms with Crippen molar-refractivity contribution in [2.24, 2.45) is 5.41 Å². The van der Waals surface area contributed by atoms with Crippen LogP contribution in [0.25, 0.3) is 21.8 Å². The van der Waals surface area contributed by atoms with Crippen LogP contribution in [0.5, 0.6) is 0 Å². The van der Waals surface area contributed by atoms with Crippen molar-refractivity contribution in [3.05, 3.63) is 72.1 Å². The second-order valence-electron chi connectivity index (χ2n) is 9.81. The highest BCUT2D eigenvalue weighted by Gasteiger charge is 2.29. The number of rotatable bonds is 7. The third-order valence-electron chi connectivity index (χ3n) is 5.99. The molecule has 4 rings (SSSR count). The molecule has 2 amide bonds. The standard InChI is InChI=1S/C27H32N4O2/c1-17(13-18-15-28-22-11-7-5-9-20(18)22)30-25(32)24(31-26(33)27(2,3)4)14-19-16-29-23-12-8-6-10-21(19)23/h5-12,15-17,24,28-29H,13-14H2,1-4H3,(H,30,32)(H,31,33)/t17-,24+/m0/s1. The number of carbonyl (C=O) groups is 2. The molecule has 2 aromatic heterocycles. The van der Waals surface area contributed by atoms with E-state index in [4.69, 9.17) is 0 Å². The summed E-state index contributed by atoms with van der Waals surface area (Å²) in [7, 11) is 0. The van der Waals surface area contributed by atoms with Crippen LogP contribution in [-0.4, -0.2) is 33.9 Å². The minimum atomic E-state index is -0.665. The number of carbonyl (C=O) groups excluding carboxylic acids is 2. The number of aromatic nitrogens is 2. The Balaban J connectivity index is 1.51. The summed E-state index contributed by atoms with van der Waals surface area (Å²) in [6, 6.07) is 15.4. The lowest BCUT2D eigenvalue weighted by Gasteiger charge is -2.25. The van der Waals surface area contributed by atoms with Gasteiger partial charge in [-0.1, -0.05) is 57.2 Å². The van der Waals surface area contributed by atoms with Crippen molar-refractivity contribution in [2.45, 2.75) is 52.6 Å². The number of H-pyrrole nitrogens is 2. The first kappa shape index (κ1) is 22.6. The van der Waals surface area contributed by atoms with Crippen molar-refractivity contribution >= 4 is 33.6 Å². The minimum Gasteiger partial charge on any atom is -0.361 e. The average Bonchev–Trinajstić information content (AvgIpc) is 3.37. The minimum absolute atomic E-state index is 0.0892. The normalized spacial score (nSPS) is 13.7. The van der Waals surface area contributed by atoms with Crippen molar-refractivity contribution in [3.8, 4) is 0 Å². The number of nitrogens with one attached hydrogen (secondary N) is 4. The van der Waals surface area contributed by atoms with Crippen LogP contribution in [0.15, 0.2) is 60.9 Å². The Morgan fingerprint density at radius 2 is 1.33 bits per heavy atom. The number of fused-ring (bicyclic) bond motifs is 2. The van der Waals surface area contributed by atoms with Crippen LogP contribution in [0.1, 0.15) is 38.8 Å². The van der Waals surface area contributed by atoms with Crippen molar-refractivity contribution in [1.29, 1.82) is 0 Å². The van der Waals surface area contributed by atoms with Gasteiger partial charge in [0.1, 0.15) is 6.04 Å². The van der Waals surface area contributed by atoms with E-state index in [0.29, 0.717) is 12.8 Å². The van der Waals surface area contributed by atoms with Crippen LogP contribution in [0.3, 0.4) is 0 Å². The lowest BCUT2D eigenvalue weighted by atomic mass is 9.94. The predicted octanol–water partition coefficient (Wildman–Crippen LogP) is 4.47. The number of amides is 2. The van der Waals surface area contributed by atoms with Crippen LogP contribution in [0.4, 0.5) is 0 Å². The topological polar surface area (TPSA) is 89.8 Å². The zero-order valence-corrected chi connectivity index (χ0v) is 19.7. The number of benzene rings is 2. The second kappa shape index (κ2) is 9.14. The maximum Gasteiger partial charge on any atom is 0.243 e. The number of para-hydroxylation sites is 2. The molecule has 4 aromatic rings. The van der Waals surface area contributed by atoms with Gasteiger partial charge in [-0.05, 0) is 36.6 Å². The molecule has 172 valence electrons. The maximum absolute atomic E-state index is 13.3. The predicted molar refractivity (Wildman–Crippen MR) is 133 cm³/mol. The molecule has 2 atom stereocenters. The van der Waals surface area contributed by atoms with Crippen molar-refractivity contribution < 1.29 is 9.59 Å². The zero-order valence-electron chi connectivity index (χ0n) is 19.7. The van der Waals surface area contributed by atoms with Gasteiger partial charge in [0, 0.05) is 52.1 Å². The van der Waals surface area contributed by atoms with E-state index in [0.717, 1.165) is 32.9 Å². The van der Waals surface area contributed by atoms with E-state index < -0.39 is 11.5 Å². The summed E-state index contributed by atoms with van der Waals surface area (Å²) in [5, 5.41) is 8.33. The zero-order chi connectivity index (χ0) is 23.6. The van der Waals surface area contributed by atoms with Gasteiger partial charge >= 0.3 is 0 Å². The van der Waals surface area contributed by atoms with Gasteiger partial charge in [0.2, 0.25) is 11.8 Å². The van der Waals surface area contributed by atoms with Gasteiger partial charge in [0.15, 0.2) is 0 Å². The molecule has 0 fully saturated rings. The first-order valence-corrected chi connectivity index (χ1v) is 11.4. The van der Waals surface area contributed by atoms with Crippen molar-refractivity contribution in [3.63, 3.8) is 0 Å². The molecule has 2 aromatic carbocycles. The fraction of sp³-hybridized carbons (Fsp3) is 0.333. The van der Waals surface area contributed by atoms with Gasteiger partial charge in [-0.15, -0.1) is 0 Å². The third-order valence-corrected chi connectivity index (χ3v) is 5.99. The first-order valence-electron chi connectivity index (χ1n) is 11.4. The Bertz CT molecular complexity index is 1280. The molecule has 0 saturated carbocycles. The smallest absolute Gasteiger partial charge is 0.243 e. The SMILES string of the molecule is C[C@@H](Cc1c[nH]c2ccccc12)NC(=O)[C@@H](Cc1c[nH]c2ccccc12)NC(=O)C(C)(C)C. The summed E-state index contributed by atoms with van der Waals surface area (Å²) in [6.07, 6.45) is 5.03. The van der Waals surface area contributed by atoms with E-state index in [-0.39, 0.29) is 17.9 Å². The van der Waals surface area contributed by atoms with Gasteiger partial charge in [0.05, 0.1) is 0 Å². The molecule has 0 aliphatic heterocycles. The van der Waals surface area contributed by atoms with E-state index in [1.807, 2.05) is 82.6 Å². The monoisotopic (exact) mass is 444 g/mol. The molecule has 0 unspecified atom stereocenters. The van der Waals surface area contributed by atoms with Gasteiger partial charge in [-0.3, -0.25) is 9.59 Å². The van der Waals surface area contributed by atoms with Crippen LogP contribution >= 0.6 is 0 Å². The molecule has 6 heteroatoms. The Kier molecular flexibility index (Phi) is 6.27. The largest absolute Gasteiger partial charge is 0.361 e. The lowest BCUT2D eigenvalue weighted by molar-refractivity contribution is -0.133. The van der Waals surface area contributed by atoms with E-state index >= 15 is 0 Å². The van der Waals surface area contributed by atoms with Crippen LogP contribution in [0.2, 0.25) is 0 Å². The summed E-state index contributed by atoms with van der Waals surface area (Å²) in [5.41, 5.74) is 3.67. The van der Waals surface area contributed by atoms with Crippen LogP contribution < -0.4 is 10.6 Å². The molecule has 6 nitrogen and oxygen atoms in total. The number of hydrogen-bond acceptors (Lipinski definition) is 2. The Morgan fingerprint density at radius 3 is 1.88 bits per heavy atom. The van der Waals surface area contributed by atoms with Gasteiger partial charge in [-0.25, -0.2) is 0 Å². The molecule has 0 spiro atoms. The summed E-state index contributed by atoms with van der Waals surface area (Å²) in [4.78, 5) is 32.6. The van der Waals surface area contributed by atoms with E-state index in [2.05, 4.69) is 26.7 Å². The highest BCUT2D eigenvalue weighted by Crippen LogP contribution is 2.21. The fourth-order valence-electron chi connectivity index (χ4n) is 4.13. The molecular formula is C27H32N4O2. The highest BCUT2D eigenvalue weighted by atomic mass is 16.2. The summed E-state index contributed by atoms with van der Waals surface area (Å²) in [5.74, 6) is -0.322. The molecule has 0 aliphatic carbocycles. The third kappa shape index (κ3) is 5.11. The van der Waals surface area contributed by atoms with E-state index in [1.54, 1.807) is 0 Å². The van der Waals surface area contributed by atoms with E-state index in [9.17, 15) is 9.59 Å². The quantitative estimate of drug-likeness (QED) is 0.339. The summed E-state index contributed by atoms with van der Waals surface area (Å²) >= 11 is 0. The average molecular weight is 445 g/mol. The van der Waals surface area contributed by atoms with Crippen LogP contribution in [0, 0.1) is 5.41 Å². The number of hydrogen-bond donors (Lipinski definition) is 4. The highest BCUT2D eigenvalue weighted by molar-refractivity contribution is 5.91. The van der Waals surface area contributed by atoms with Crippen LogP contribution in [-0.2, 0) is 22.4 Å². The van der Waals surface area contributed by atoms with Crippen molar-refractivity contribution in [2.75, 3.05) is 0 Å². The van der Waals surface area contributed by atoms with Gasteiger partial charge < -0.3 is 20.6 Å². The molecule has 4 N–H and O–H groups in total. The fourth-order valence-corrected chi connectivity index (χ4v) is 4.13.